The van der Waals surface area contributed by atoms with Crippen LogP contribution in [0, 0.1) is 24.0 Å². The number of aromatic nitrogens is 1. The third kappa shape index (κ3) is 4.20. The monoisotopic (exact) mass is 506 g/mol. The van der Waals surface area contributed by atoms with Crippen molar-refractivity contribution in [3.8, 4) is 17.2 Å². The Morgan fingerprint density at radius 1 is 1.00 bits per heavy atom. The number of thiocarbonyl (C=S) groups is 1. The lowest BCUT2D eigenvalue weighted by molar-refractivity contribution is -0.384. The number of ether oxygens (including phenoxy) is 2. The summed E-state index contributed by atoms with van der Waals surface area (Å²) in [6, 6.07) is 13.0. The summed E-state index contributed by atoms with van der Waals surface area (Å²) in [4.78, 5) is 38.1. The van der Waals surface area contributed by atoms with Crippen LogP contribution in [0.3, 0.4) is 0 Å². The van der Waals surface area contributed by atoms with E-state index >= 15 is 0 Å². The fourth-order valence-electron chi connectivity index (χ4n) is 4.12. The minimum Gasteiger partial charge on any atom is -0.495 e. The van der Waals surface area contributed by atoms with E-state index in [0.717, 1.165) is 5.69 Å². The molecule has 0 atom stereocenters. The predicted molar refractivity (Wildman–Crippen MR) is 138 cm³/mol. The third-order valence-corrected chi connectivity index (χ3v) is 6.10. The van der Waals surface area contributed by atoms with Crippen molar-refractivity contribution in [1.82, 2.24) is 9.88 Å². The largest absolute Gasteiger partial charge is 0.495 e. The van der Waals surface area contributed by atoms with Gasteiger partial charge >= 0.3 is 0 Å². The first-order chi connectivity index (χ1) is 17.2. The maximum Gasteiger partial charge on any atom is 0.273 e. The van der Waals surface area contributed by atoms with Gasteiger partial charge in [-0.2, -0.15) is 0 Å². The Bertz CT molecular complexity index is 1460. The topological polar surface area (TPSA) is 116 Å². The molecule has 0 aliphatic carbocycles. The number of nitrogens with zero attached hydrogens (tertiary/aromatic N) is 3. The molecule has 2 aromatic carbocycles. The molecular weight excluding hydrogens is 484 g/mol. The lowest BCUT2D eigenvalue weighted by Crippen LogP contribution is -2.54. The van der Waals surface area contributed by atoms with Crippen molar-refractivity contribution >= 4 is 46.6 Å². The van der Waals surface area contributed by atoms with Gasteiger partial charge in [-0.05, 0) is 62.0 Å². The highest BCUT2D eigenvalue weighted by Gasteiger charge is 2.36. The fraction of sp³-hybridized carbons (Fsp3) is 0.160. The van der Waals surface area contributed by atoms with Crippen molar-refractivity contribution in [1.29, 1.82) is 0 Å². The van der Waals surface area contributed by atoms with Gasteiger partial charge in [0, 0.05) is 17.5 Å². The van der Waals surface area contributed by atoms with E-state index in [1.165, 1.54) is 37.3 Å². The summed E-state index contributed by atoms with van der Waals surface area (Å²) in [6.45, 7) is 3.66. The van der Waals surface area contributed by atoms with Crippen molar-refractivity contribution < 1.29 is 24.0 Å². The first kappa shape index (κ1) is 24.6. The Morgan fingerprint density at radius 3 is 2.36 bits per heavy atom. The first-order valence-electron chi connectivity index (χ1n) is 10.7. The van der Waals surface area contributed by atoms with Crippen LogP contribution in [0.2, 0.25) is 0 Å². The Balaban J connectivity index is 1.79. The SMILES string of the molecule is COc1ccccc1N1C(=O)/C(=C/c2cc(C)n(-c3ccc([N+](=O)[O-])cc3OC)c2C)C(=O)NC1=S. The van der Waals surface area contributed by atoms with Gasteiger partial charge in [-0.25, -0.2) is 4.90 Å². The second-order valence-electron chi connectivity index (χ2n) is 7.90. The van der Waals surface area contributed by atoms with Crippen molar-refractivity contribution in [2.45, 2.75) is 13.8 Å². The number of benzene rings is 2. The van der Waals surface area contributed by atoms with E-state index < -0.39 is 16.7 Å². The van der Waals surface area contributed by atoms with E-state index in [-0.39, 0.29) is 16.4 Å². The fourth-order valence-corrected chi connectivity index (χ4v) is 4.39. The molecule has 0 saturated carbocycles. The summed E-state index contributed by atoms with van der Waals surface area (Å²) in [5, 5.41) is 13.7. The van der Waals surface area contributed by atoms with Crippen LogP contribution < -0.4 is 19.7 Å². The molecule has 11 heteroatoms. The minimum absolute atomic E-state index is 0.0484. The van der Waals surface area contributed by atoms with Crippen molar-refractivity contribution in [3.63, 3.8) is 0 Å². The maximum absolute atomic E-state index is 13.5. The number of carbonyl (C=O) groups is 2. The lowest BCUT2D eigenvalue weighted by Gasteiger charge is -2.29. The van der Waals surface area contributed by atoms with Gasteiger partial charge in [-0.3, -0.25) is 25.0 Å². The van der Waals surface area contributed by atoms with Crippen LogP contribution >= 0.6 is 12.2 Å². The van der Waals surface area contributed by atoms with Gasteiger partial charge in [-0.1, -0.05) is 12.1 Å². The van der Waals surface area contributed by atoms with E-state index in [0.29, 0.717) is 34.1 Å². The van der Waals surface area contributed by atoms with E-state index in [9.17, 15) is 19.7 Å². The molecule has 2 heterocycles. The van der Waals surface area contributed by atoms with Crippen molar-refractivity contribution in [3.05, 3.63) is 81.2 Å². The molecule has 0 radical (unpaired) electrons. The minimum atomic E-state index is -0.617. The highest BCUT2D eigenvalue weighted by atomic mass is 32.1. The predicted octanol–water partition coefficient (Wildman–Crippen LogP) is 3.85. The number of nitrogens with one attached hydrogen (secondary N) is 1. The highest BCUT2D eigenvalue weighted by Crippen LogP contribution is 2.34. The summed E-state index contributed by atoms with van der Waals surface area (Å²) in [5.41, 5.74) is 2.86. The number of aryl methyl sites for hydroxylation is 1. The van der Waals surface area contributed by atoms with Gasteiger partial charge < -0.3 is 14.0 Å². The Hall–Kier alpha value is -4.51. The molecule has 0 bridgehead atoms. The number of hydrogen-bond donors (Lipinski definition) is 1. The standard InChI is InChI=1S/C25H22N4O6S/c1-14-11-16(15(2)27(14)20-10-9-17(29(32)33)13-22(20)35-4)12-18-23(30)26-25(36)28(24(18)31)19-7-5-6-8-21(19)34-3/h5-13H,1-4H3,(H,26,30,36)/b18-12+. The molecule has 2 amide bonds. The Kier molecular flexibility index (Phi) is 6.58. The number of non-ortho nitro benzene ring substituents is 1. The van der Waals surface area contributed by atoms with Crippen molar-refractivity contribution in [2.75, 3.05) is 19.1 Å². The molecule has 36 heavy (non-hydrogen) atoms. The maximum atomic E-state index is 13.5. The van der Waals surface area contributed by atoms with Crippen LogP contribution in [-0.4, -0.2) is 40.6 Å². The quantitative estimate of drug-likeness (QED) is 0.177. The molecule has 4 rings (SSSR count). The molecule has 1 aliphatic rings. The number of nitro groups is 1. The molecule has 1 aromatic heterocycles. The molecular formula is C25H22N4O6S. The number of carbonyl (C=O) groups excluding carboxylic acids is 2. The smallest absolute Gasteiger partial charge is 0.273 e. The molecule has 1 N–H and O–H groups in total. The van der Waals surface area contributed by atoms with Crippen LogP contribution in [0.1, 0.15) is 17.0 Å². The lowest BCUT2D eigenvalue weighted by atomic mass is 10.1. The molecule has 0 unspecified atom stereocenters. The summed E-state index contributed by atoms with van der Waals surface area (Å²) in [6.07, 6.45) is 1.50. The highest BCUT2D eigenvalue weighted by molar-refractivity contribution is 7.80. The number of hydrogen-bond acceptors (Lipinski definition) is 7. The summed E-state index contributed by atoms with van der Waals surface area (Å²) in [5.74, 6) is -0.476. The Morgan fingerprint density at radius 2 is 1.69 bits per heavy atom. The number of nitro benzene ring substituents is 1. The van der Waals surface area contributed by atoms with E-state index in [4.69, 9.17) is 21.7 Å². The molecule has 0 spiro atoms. The average Bonchev–Trinajstić information content (AvgIpc) is 3.13. The second kappa shape index (κ2) is 9.62. The average molecular weight is 507 g/mol. The number of methoxy groups -OCH3 is 2. The molecule has 1 aliphatic heterocycles. The molecule has 1 saturated heterocycles. The summed E-state index contributed by atoms with van der Waals surface area (Å²) >= 11 is 5.28. The summed E-state index contributed by atoms with van der Waals surface area (Å²) in [7, 11) is 2.91. The van der Waals surface area contributed by atoms with Crippen LogP contribution in [0.5, 0.6) is 11.5 Å². The molecule has 1 fully saturated rings. The molecule has 10 nitrogen and oxygen atoms in total. The number of rotatable bonds is 6. The van der Waals surface area contributed by atoms with Gasteiger partial charge in [0.25, 0.3) is 17.5 Å². The number of amides is 2. The van der Waals surface area contributed by atoms with Crippen LogP contribution in [0.4, 0.5) is 11.4 Å². The van der Waals surface area contributed by atoms with Crippen molar-refractivity contribution in [2.24, 2.45) is 0 Å². The van der Waals surface area contributed by atoms with Crippen LogP contribution in [0.15, 0.2) is 54.1 Å². The van der Waals surface area contributed by atoms with E-state index in [1.54, 1.807) is 30.3 Å². The summed E-state index contributed by atoms with van der Waals surface area (Å²) < 4.78 is 12.6. The molecule has 3 aromatic rings. The zero-order valence-corrected chi connectivity index (χ0v) is 20.7. The van der Waals surface area contributed by atoms with Gasteiger partial charge in [0.1, 0.15) is 17.1 Å². The zero-order valence-electron chi connectivity index (χ0n) is 19.9. The zero-order chi connectivity index (χ0) is 26.1. The second-order valence-corrected chi connectivity index (χ2v) is 8.29. The Labute approximate surface area is 211 Å². The van der Waals surface area contributed by atoms with Gasteiger partial charge in [0.15, 0.2) is 5.11 Å². The van der Waals surface area contributed by atoms with Gasteiger partial charge in [0.2, 0.25) is 0 Å². The van der Waals surface area contributed by atoms with E-state index in [2.05, 4.69) is 5.32 Å². The normalized spacial score (nSPS) is 14.7. The van der Waals surface area contributed by atoms with Gasteiger partial charge in [0.05, 0.1) is 36.6 Å². The first-order valence-corrected chi connectivity index (χ1v) is 11.1. The van der Waals surface area contributed by atoms with Crippen LogP contribution in [-0.2, 0) is 9.59 Å². The van der Waals surface area contributed by atoms with E-state index in [1.807, 2.05) is 24.5 Å². The third-order valence-electron chi connectivity index (χ3n) is 5.81. The number of anilines is 1. The number of para-hydroxylation sites is 2. The van der Waals surface area contributed by atoms with Crippen LogP contribution in [0.25, 0.3) is 11.8 Å². The molecule has 184 valence electrons. The van der Waals surface area contributed by atoms with Gasteiger partial charge in [-0.15, -0.1) is 0 Å².